The van der Waals surface area contributed by atoms with E-state index < -0.39 is 49.3 Å². The summed E-state index contributed by atoms with van der Waals surface area (Å²) in [7, 11) is -1.72. The minimum Gasteiger partial charge on any atom is -0.455 e. The number of halogens is 4. The number of hydrogen-bond acceptors (Lipinski definition) is 10. The summed E-state index contributed by atoms with van der Waals surface area (Å²) in [6, 6.07) is 36.4. The van der Waals surface area contributed by atoms with Gasteiger partial charge in [-0.15, -0.1) is 13.2 Å². The summed E-state index contributed by atoms with van der Waals surface area (Å²) in [6.45, 7) is 8.68. The standard InChI is InChI=1S/C37H32F2N4O4S.C34H26F2N4O4S/c1-6-9-22-14-17-29(41-35(22)27-21-43(18-7-2)30-11-8-10-28(39)33(27)30)25-19-26-32(20-31(25)42(4)48(5,45)46)47-36(34(26)37(44)40-3)23-12-15-24(38)16-13-23;1-37-34(41)31-24-16-23(28(39(2)45(3,42)43)18-30(24)44-33(31)20-9-12-21(35)13-10-20)26-14-11-19-6-5-15-40-27-8-4-7-25(36)22(27)17-29(40)32(19)38-26/h6-8,10-17,19-21H,1-2,9,18H2,3-5H3,(H,40,44);4-14,16-18H,15H2,1-3H3,(H,37,41). The molecular formula is C71H58F4N8O8S2. The molecule has 0 saturated heterocycles. The number of allylic oxidation sites excluding steroid dienone is 3. The Morgan fingerprint density at radius 2 is 1.13 bits per heavy atom. The minimum absolute atomic E-state index is 0.187. The highest BCUT2D eigenvalue weighted by molar-refractivity contribution is 7.92. The summed E-state index contributed by atoms with van der Waals surface area (Å²) in [5.74, 6) is -2.14. The highest BCUT2D eigenvalue weighted by Gasteiger charge is 2.30. The summed E-state index contributed by atoms with van der Waals surface area (Å²) in [5, 5.41) is 6.95. The van der Waals surface area contributed by atoms with Crippen molar-refractivity contribution in [1.82, 2.24) is 29.7 Å². The Bertz CT molecular complexity index is 5340. The Kier molecular flexibility index (Phi) is 16.4. The van der Waals surface area contributed by atoms with Crippen molar-refractivity contribution in [1.29, 1.82) is 0 Å². The molecule has 470 valence electrons. The van der Waals surface area contributed by atoms with Crippen LogP contribution in [0.4, 0.5) is 28.9 Å². The van der Waals surface area contributed by atoms with E-state index in [4.69, 9.17) is 18.8 Å². The van der Waals surface area contributed by atoms with Crippen LogP contribution in [0, 0.1) is 23.3 Å². The number of carbonyl (C=O) groups is 2. The lowest BCUT2D eigenvalue weighted by Gasteiger charge is -2.21. The van der Waals surface area contributed by atoms with E-state index in [1.165, 1.54) is 88.9 Å². The van der Waals surface area contributed by atoms with Crippen LogP contribution in [-0.4, -0.2) is 88.5 Å². The molecule has 22 heteroatoms. The van der Waals surface area contributed by atoms with E-state index in [-0.39, 0.29) is 51.0 Å². The fourth-order valence-electron chi connectivity index (χ4n) is 11.7. The highest BCUT2D eigenvalue weighted by Crippen LogP contribution is 2.45. The Hall–Kier alpha value is -10.8. The summed E-state index contributed by atoms with van der Waals surface area (Å²) in [4.78, 5) is 36.6. The molecule has 93 heavy (non-hydrogen) atoms. The molecule has 13 rings (SSSR count). The van der Waals surface area contributed by atoms with Crippen molar-refractivity contribution in [3.05, 3.63) is 223 Å². The number of furan rings is 2. The first kappa shape index (κ1) is 62.4. The zero-order chi connectivity index (χ0) is 65.9. The van der Waals surface area contributed by atoms with E-state index in [2.05, 4.69) is 23.8 Å². The third-order valence-corrected chi connectivity index (χ3v) is 18.8. The van der Waals surface area contributed by atoms with Crippen molar-refractivity contribution < 1.29 is 52.8 Å². The topological polar surface area (TPSA) is 195 Å². The van der Waals surface area contributed by atoms with Crippen LogP contribution in [0.1, 0.15) is 31.8 Å². The molecule has 6 aromatic carbocycles. The van der Waals surface area contributed by atoms with Crippen molar-refractivity contribution in [3.63, 3.8) is 0 Å². The monoisotopic (exact) mass is 1290 g/mol. The second kappa shape index (κ2) is 24.4. The number of amides is 2. The second-order valence-corrected chi connectivity index (χ2v) is 26.2. The van der Waals surface area contributed by atoms with Gasteiger partial charge in [-0.3, -0.25) is 18.2 Å². The van der Waals surface area contributed by atoms with Gasteiger partial charge in [0.1, 0.15) is 46.0 Å². The summed E-state index contributed by atoms with van der Waals surface area (Å²) >= 11 is 0. The molecule has 12 aromatic rings. The first-order valence-electron chi connectivity index (χ1n) is 29.0. The lowest BCUT2D eigenvalue weighted by atomic mass is 9.98. The number of fused-ring (bicyclic) bond motifs is 8. The molecule has 0 unspecified atom stereocenters. The first-order valence-corrected chi connectivity index (χ1v) is 32.7. The Labute approximate surface area is 532 Å². The molecule has 0 aliphatic carbocycles. The molecule has 1 aliphatic rings. The maximum absolute atomic E-state index is 15.5. The summed E-state index contributed by atoms with van der Waals surface area (Å²) in [6.07, 6.45) is 11.8. The zero-order valence-electron chi connectivity index (χ0n) is 51.0. The molecule has 6 aromatic heterocycles. The van der Waals surface area contributed by atoms with Gasteiger partial charge in [0.05, 0.1) is 74.5 Å². The first-order chi connectivity index (χ1) is 44.5. The molecule has 2 amide bonds. The van der Waals surface area contributed by atoms with Crippen LogP contribution < -0.4 is 19.2 Å². The molecule has 0 bridgehead atoms. The minimum atomic E-state index is -3.79. The molecule has 0 atom stereocenters. The Morgan fingerprint density at radius 1 is 0.613 bits per heavy atom. The number of pyridine rings is 2. The predicted octanol–water partition coefficient (Wildman–Crippen LogP) is 14.6. The summed E-state index contributed by atoms with van der Waals surface area (Å²) < 4.78 is 128. The predicted molar refractivity (Wildman–Crippen MR) is 358 cm³/mol. The van der Waals surface area contributed by atoms with Gasteiger partial charge in [0.2, 0.25) is 20.0 Å². The van der Waals surface area contributed by atoms with Crippen molar-refractivity contribution in [2.75, 3.05) is 49.3 Å². The molecule has 0 fully saturated rings. The van der Waals surface area contributed by atoms with Gasteiger partial charge >= 0.3 is 0 Å². The van der Waals surface area contributed by atoms with E-state index in [1.807, 2.05) is 51.7 Å². The number of carbonyl (C=O) groups excluding carboxylic acids is 2. The van der Waals surface area contributed by atoms with E-state index in [0.29, 0.717) is 103 Å². The fourth-order valence-corrected chi connectivity index (χ4v) is 12.7. The third kappa shape index (κ3) is 11.4. The molecule has 2 N–H and O–H groups in total. The number of nitrogens with zero attached hydrogens (tertiary/aromatic N) is 6. The lowest BCUT2D eigenvalue weighted by Crippen LogP contribution is -2.25. The molecule has 1 aliphatic heterocycles. The quantitative estimate of drug-likeness (QED) is 0.0736. The number of sulfonamides is 2. The lowest BCUT2D eigenvalue weighted by molar-refractivity contribution is 0.0956. The number of hydrogen-bond donors (Lipinski definition) is 2. The normalized spacial score (nSPS) is 12.1. The van der Waals surface area contributed by atoms with Gasteiger partial charge in [0.15, 0.2) is 0 Å². The second-order valence-electron chi connectivity index (χ2n) is 22.1. The van der Waals surface area contributed by atoms with Gasteiger partial charge in [-0.1, -0.05) is 48.6 Å². The van der Waals surface area contributed by atoms with Crippen LogP contribution in [0.5, 0.6) is 0 Å². The maximum Gasteiger partial charge on any atom is 0.255 e. The van der Waals surface area contributed by atoms with Crippen molar-refractivity contribution in [3.8, 4) is 67.8 Å². The van der Waals surface area contributed by atoms with Crippen LogP contribution >= 0.6 is 0 Å². The molecule has 0 spiro atoms. The van der Waals surface area contributed by atoms with Gasteiger partial charge in [-0.2, -0.15) is 0 Å². The van der Waals surface area contributed by atoms with Gasteiger partial charge in [0, 0.05) is 115 Å². The number of nitrogens with one attached hydrogen (secondary N) is 2. The van der Waals surface area contributed by atoms with E-state index in [1.54, 1.807) is 66.7 Å². The van der Waals surface area contributed by atoms with Crippen LogP contribution in [-0.2, 0) is 39.6 Å². The van der Waals surface area contributed by atoms with Crippen molar-refractivity contribution in [2.24, 2.45) is 0 Å². The molecule has 0 radical (unpaired) electrons. The van der Waals surface area contributed by atoms with Gasteiger partial charge in [-0.25, -0.2) is 44.4 Å². The maximum atomic E-state index is 15.5. The average Bonchev–Trinajstić information content (AvgIpc) is 1.68. The van der Waals surface area contributed by atoms with Gasteiger partial charge in [0.25, 0.3) is 11.8 Å². The Morgan fingerprint density at radius 3 is 1.65 bits per heavy atom. The largest absolute Gasteiger partial charge is 0.455 e. The van der Waals surface area contributed by atoms with E-state index >= 15 is 4.39 Å². The molecule has 0 saturated carbocycles. The smallest absolute Gasteiger partial charge is 0.255 e. The third-order valence-electron chi connectivity index (χ3n) is 16.4. The number of benzene rings is 6. The number of rotatable bonds is 15. The van der Waals surface area contributed by atoms with E-state index in [0.717, 1.165) is 37.8 Å². The van der Waals surface area contributed by atoms with Crippen LogP contribution in [0.15, 0.2) is 186 Å². The van der Waals surface area contributed by atoms with Crippen LogP contribution in [0.3, 0.4) is 0 Å². The zero-order valence-corrected chi connectivity index (χ0v) is 52.6. The Balaban J connectivity index is 0.000000179. The van der Waals surface area contributed by atoms with Gasteiger partial charge < -0.3 is 28.6 Å². The molecular weight excluding hydrogens is 1230 g/mol. The highest BCUT2D eigenvalue weighted by atomic mass is 32.2. The summed E-state index contributed by atoms with van der Waals surface area (Å²) in [5.41, 5.74) is 9.29. The fraction of sp³-hybridized carbons (Fsp3) is 0.127. The molecule has 16 nitrogen and oxygen atoms in total. The average molecular weight is 1290 g/mol. The molecule has 7 heterocycles. The SMILES string of the molecule is C=CCc1ccc(-c2cc3c(C(=O)NC)c(-c4ccc(F)cc4)oc3cc2N(C)S(C)(=O)=O)nc1-c1cn(CC=C)c2cccc(F)c12.CNC(=O)c1c(-c2ccc(F)cc2)oc2cc(N(C)S(C)(=O)=O)c(-c3ccc4c(n3)-c3cc5c(F)cccc5n3CC=C4)cc12. The number of anilines is 2. The van der Waals surface area contributed by atoms with Crippen molar-refractivity contribution >= 4 is 93.1 Å². The van der Waals surface area contributed by atoms with Gasteiger partial charge in [-0.05, 0) is 115 Å². The number of aromatic nitrogens is 4. The van der Waals surface area contributed by atoms with Crippen molar-refractivity contribution in [2.45, 2.75) is 19.5 Å². The van der Waals surface area contributed by atoms with E-state index in [9.17, 15) is 39.6 Å². The van der Waals surface area contributed by atoms with Crippen LogP contribution in [0.2, 0.25) is 0 Å². The van der Waals surface area contributed by atoms with Crippen LogP contribution in [0.25, 0.3) is 118 Å².